The van der Waals surface area contributed by atoms with Crippen molar-refractivity contribution in [3.8, 4) is 5.75 Å². The Balaban J connectivity index is 0.00000162. The Morgan fingerprint density at radius 1 is 1.00 bits per heavy atom. The molecule has 0 aliphatic rings. The number of benzene rings is 2. The third-order valence-electron chi connectivity index (χ3n) is 2.37. The third-order valence-corrected chi connectivity index (χ3v) is 3.93. The molecule has 0 aliphatic carbocycles. The van der Waals surface area contributed by atoms with E-state index in [1.165, 1.54) is 0 Å². The van der Waals surface area contributed by atoms with E-state index in [0.29, 0.717) is 6.61 Å². The minimum absolute atomic E-state index is 0. The summed E-state index contributed by atoms with van der Waals surface area (Å²) in [6.45, 7) is 2.59. The van der Waals surface area contributed by atoms with Crippen LogP contribution < -0.4 is 15.3 Å². The SMILES string of the molecule is B.CCOc1cccc(P(O)c2ccccc2)c1. The van der Waals surface area contributed by atoms with E-state index in [1.807, 2.05) is 61.5 Å². The molecule has 0 radical (unpaired) electrons. The zero-order valence-electron chi connectivity index (χ0n) is 9.71. The predicted octanol–water partition coefficient (Wildman–Crippen LogP) is 1.24. The molecule has 2 aromatic rings. The fraction of sp³-hybridized carbons (Fsp3) is 0.143. The topological polar surface area (TPSA) is 29.5 Å². The molecule has 2 nitrogen and oxygen atoms in total. The van der Waals surface area contributed by atoms with Gasteiger partial charge in [-0.3, -0.25) is 0 Å². The van der Waals surface area contributed by atoms with Crippen LogP contribution in [0.2, 0.25) is 0 Å². The number of hydrogen-bond acceptors (Lipinski definition) is 2. The van der Waals surface area contributed by atoms with Gasteiger partial charge in [-0.15, -0.1) is 0 Å². The normalized spacial score (nSPS) is 11.4. The molecule has 0 amide bonds. The second kappa shape index (κ2) is 7.20. The molecule has 2 rings (SSSR count). The zero-order valence-corrected chi connectivity index (χ0v) is 10.6. The Bertz CT molecular complexity index is 476. The first-order valence-corrected chi connectivity index (χ1v) is 6.87. The Hall–Kier alpha value is -1.31. The maximum Gasteiger partial charge on any atom is 0.120 e. The number of ether oxygens (including phenoxy) is 1. The van der Waals surface area contributed by atoms with Gasteiger partial charge in [0, 0.05) is 10.6 Å². The third kappa shape index (κ3) is 3.59. The van der Waals surface area contributed by atoms with E-state index in [-0.39, 0.29) is 8.41 Å². The van der Waals surface area contributed by atoms with Crippen LogP contribution in [0.25, 0.3) is 0 Å². The average Bonchev–Trinajstić information content (AvgIpc) is 2.40. The minimum Gasteiger partial charge on any atom is -0.494 e. The van der Waals surface area contributed by atoms with E-state index in [2.05, 4.69) is 0 Å². The van der Waals surface area contributed by atoms with Crippen LogP contribution in [0.5, 0.6) is 5.75 Å². The lowest BCUT2D eigenvalue weighted by Gasteiger charge is -2.12. The molecule has 0 saturated heterocycles. The van der Waals surface area contributed by atoms with Crippen molar-refractivity contribution in [2.75, 3.05) is 6.61 Å². The van der Waals surface area contributed by atoms with Gasteiger partial charge >= 0.3 is 0 Å². The summed E-state index contributed by atoms with van der Waals surface area (Å²) in [6.07, 6.45) is 0. The van der Waals surface area contributed by atoms with E-state index in [1.54, 1.807) is 0 Å². The summed E-state index contributed by atoms with van der Waals surface area (Å²) in [6, 6.07) is 17.4. The van der Waals surface area contributed by atoms with Crippen LogP contribution in [0.4, 0.5) is 0 Å². The van der Waals surface area contributed by atoms with Crippen LogP contribution in [0, 0.1) is 0 Å². The highest BCUT2D eigenvalue weighted by Crippen LogP contribution is 2.28. The fourth-order valence-corrected chi connectivity index (χ4v) is 2.82. The van der Waals surface area contributed by atoms with Crippen LogP contribution in [-0.4, -0.2) is 19.9 Å². The highest BCUT2D eigenvalue weighted by Gasteiger charge is 2.10. The van der Waals surface area contributed by atoms with E-state index in [0.717, 1.165) is 16.4 Å². The van der Waals surface area contributed by atoms with Crippen molar-refractivity contribution in [1.82, 2.24) is 0 Å². The van der Waals surface area contributed by atoms with Gasteiger partial charge in [0.25, 0.3) is 0 Å². The Kier molecular flexibility index (Phi) is 5.90. The molecule has 0 fully saturated rings. The van der Waals surface area contributed by atoms with Crippen molar-refractivity contribution in [2.45, 2.75) is 6.92 Å². The van der Waals surface area contributed by atoms with Gasteiger partial charge in [-0.05, 0) is 19.1 Å². The van der Waals surface area contributed by atoms with E-state index in [9.17, 15) is 4.89 Å². The smallest absolute Gasteiger partial charge is 0.120 e. The van der Waals surface area contributed by atoms with Crippen molar-refractivity contribution >= 4 is 27.2 Å². The highest BCUT2D eigenvalue weighted by molar-refractivity contribution is 7.67. The summed E-state index contributed by atoms with van der Waals surface area (Å²) in [5.74, 6) is 0.808. The molecule has 2 aromatic carbocycles. The summed E-state index contributed by atoms with van der Waals surface area (Å²) >= 11 is 0. The standard InChI is InChI=1S/C14H15O2P.BH3/c1-2-16-12-7-6-10-14(11-12)17(15)13-8-4-3-5-9-13;/h3-11,15H,2H2,1H3;1H3. The molecule has 18 heavy (non-hydrogen) atoms. The van der Waals surface area contributed by atoms with Crippen LogP contribution >= 0.6 is 8.15 Å². The van der Waals surface area contributed by atoms with E-state index >= 15 is 0 Å². The maximum absolute atomic E-state index is 10.3. The van der Waals surface area contributed by atoms with Gasteiger partial charge in [0.05, 0.1) is 23.2 Å². The molecule has 4 heteroatoms. The van der Waals surface area contributed by atoms with Crippen LogP contribution in [0.3, 0.4) is 0 Å². The second-order valence-corrected chi connectivity index (χ2v) is 5.23. The van der Waals surface area contributed by atoms with Crippen LogP contribution in [-0.2, 0) is 0 Å². The molecular weight excluding hydrogens is 242 g/mol. The van der Waals surface area contributed by atoms with E-state index < -0.39 is 8.15 Å². The molecule has 0 spiro atoms. The molecule has 1 atom stereocenters. The fourth-order valence-electron chi connectivity index (χ4n) is 1.59. The Morgan fingerprint density at radius 2 is 1.67 bits per heavy atom. The largest absolute Gasteiger partial charge is 0.494 e. The summed E-state index contributed by atoms with van der Waals surface area (Å²) in [7, 11) is -1.28. The summed E-state index contributed by atoms with van der Waals surface area (Å²) in [5.41, 5.74) is 0. The monoisotopic (exact) mass is 260 g/mol. The van der Waals surface area contributed by atoms with Gasteiger partial charge in [-0.2, -0.15) is 0 Å². The van der Waals surface area contributed by atoms with Gasteiger partial charge < -0.3 is 9.63 Å². The highest BCUT2D eigenvalue weighted by atomic mass is 31.1. The van der Waals surface area contributed by atoms with Crippen molar-refractivity contribution in [1.29, 1.82) is 0 Å². The molecular formula is C14H18BO2P. The van der Waals surface area contributed by atoms with Gasteiger partial charge in [0.2, 0.25) is 0 Å². The van der Waals surface area contributed by atoms with Gasteiger partial charge in [0.15, 0.2) is 0 Å². The molecule has 0 bridgehead atoms. The first kappa shape index (κ1) is 14.8. The minimum atomic E-state index is -1.28. The molecule has 0 saturated carbocycles. The maximum atomic E-state index is 10.3. The van der Waals surface area contributed by atoms with Crippen LogP contribution in [0.1, 0.15) is 6.92 Å². The number of hydrogen-bond donors (Lipinski definition) is 1. The Morgan fingerprint density at radius 3 is 2.33 bits per heavy atom. The first-order valence-electron chi connectivity index (χ1n) is 5.58. The quantitative estimate of drug-likeness (QED) is 0.662. The van der Waals surface area contributed by atoms with Crippen molar-refractivity contribution in [2.24, 2.45) is 0 Å². The summed E-state index contributed by atoms with van der Waals surface area (Å²) < 4.78 is 5.43. The lowest BCUT2D eigenvalue weighted by atomic mass is 10.3. The molecule has 1 unspecified atom stereocenters. The zero-order chi connectivity index (χ0) is 12.1. The summed E-state index contributed by atoms with van der Waals surface area (Å²) in [5, 5.41) is 1.87. The summed E-state index contributed by atoms with van der Waals surface area (Å²) in [4.78, 5) is 10.3. The molecule has 0 heterocycles. The van der Waals surface area contributed by atoms with Crippen molar-refractivity contribution in [3.63, 3.8) is 0 Å². The van der Waals surface area contributed by atoms with Crippen molar-refractivity contribution < 1.29 is 9.63 Å². The second-order valence-electron chi connectivity index (χ2n) is 3.58. The van der Waals surface area contributed by atoms with Gasteiger partial charge in [-0.1, -0.05) is 42.5 Å². The Labute approximate surface area is 111 Å². The van der Waals surface area contributed by atoms with E-state index in [4.69, 9.17) is 4.74 Å². The van der Waals surface area contributed by atoms with Crippen LogP contribution in [0.15, 0.2) is 54.6 Å². The molecule has 0 aromatic heterocycles. The first-order chi connectivity index (χ1) is 8.31. The van der Waals surface area contributed by atoms with Gasteiger partial charge in [0.1, 0.15) is 5.75 Å². The van der Waals surface area contributed by atoms with Gasteiger partial charge in [-0.25, -0.2) is 0 Å². The lowest BCUT2D eigenvalue weighted by molar-refractivity contribution is 0.340. The molecule has 0 aliphatic heterocycles. The molecule has 94 valence electrons. The molecule has 1 N–H and O–H groups in total. The average molecular weight is 260 g/mol. The number of rotatable bonds is 4. The predicted molar refractivity (Wildman–Crippen MR) is 82.4 cm³/mol. The lowest BCUT2D eigenvalue weighted by Crippen LogP contribution is -2.11. The van der Waals surface area contributed by atoms with Crippen molar-refractivity contribution in [3.05, 3.63) is 54.6 Å².